The normalized spacial score (nSPS) is 10.6. The standard InChI is InChI=1S/C21H21FN2O3/c1-24(21(25)15-26-18-10-5-9-17(22)13-18)12-6-11-19-14-20(23-27-19)16-7-3-2-4-8-16/h2-5,7-10,13-14H,6,11-12,15H2,1H3. The van der Waals surface area contributed by atoms with E-state index in [9.17, 15) is 9.18 Å². The highest BCUT2D eigenvalue weighted by Crippen LogP contribution is 2.19. The summed E-state index contributed by atoms with van der Waals surface area (Å²) in [6, 6.07) is 17.5. The van der Waals surface area contributed by atoms with Crippen molar-refractivity contribution in [1.29, 1.82) is 0 Å². The minimum atomic E-state index is -0.393. The lowest BCUT2D eigenvalue weighted by Crippen LogP contribution is -2.32. The lowest BCUT2D eigenvalue weighted by atomic mass is 10.1. The second-order valence-corrected chi connectivity index (χ2v) is 6.21. The Balaban J connectivity index is 1.42. The number of hydrogen-bond acceptors (Lipinski definition) is 4. The Bertz CT molecular complexity index is 880. The van der Waals surface area contributed by atoms with E-state index in [0.717, 1.165) is 23.4 Å². The molecular formula is C21H21FN2O3. The fraction of sp³-hybridized carbons (Fsp3) is 0.238. The van der Waals surface area contributed by atoms with Crippen molar-refractivity contribution in [2.45, 2.75) is 12.8 Å². The van der Waals surface area contributed by atoms with E-state index in [0.29, 0.717) is 18.7 Å². The molecule has 1 aromatic heterocycles. The van der Waals surface area contributed by atoms with Crippen LogP contribution in [-0.4, -0.2) is 36.2 Å². The summed E-state index contributed by atoms with van der Waals surface area (Å²) in [6.45, 7) is 0.438. The van der Waals surface area contributed by atoms with Gasteiger partial charge in [0.05, 0.1) is 0 Å². The molecule has 1 heterocycles. The summed E-state index contributed by atoms with van der Waals surface area (Å²) in [4.78, 5) is 13.7. The molecule has 0 saturated heterocycles. The Morgan fingerprint density at radius 2 is 1.96 bits per heavy atom. The summed E-state index contributed by atoms with van der Waals surface area (Å²) >= 11 is 0. The lowest BCUT2D eigenvalue weighted by Gasteiger charge is -2.17. The monoisotopic (exact) mass is 368 g/mol. The Morgan fingerprint density at radius 3 is 2.74 bits per heavy atom. The van der Waals surface area contributed by atoms with Crippen LogP contribution in [0.2, 0.25) is 0 Å². The van der Waals surface area contributed by atoms with E-state index in [2.05, 4.69) is 5.16 Å². The van der Waals surface area contributed by atoms with Gasteiger partial charge in [-0.15, -0.1) is 0 Å². The van der Waals surface area contributed by atoms with Gasteiger partial charge in [-0.2, -0.15) is 0 Å². The summed E-state index contributed by atoms with van der Waals surface area (Å²) in [5.74, 6) is 0.564. The van der Waals surface area contributed by atoms with Crippen LogP contribution in [0.4, 0.5) is 4.39 Å². The molecule has 0 unspecified atom stereocenters. The first-order valence-corrected chi connectivity index (χ1v) is 8.75. The van der Waals surface area contributed by atoms with Gasteiger partial charge in [0.1, 0.15) is 23.0 Å². The first kappa shape index (κ1) is 18.6. The molecule has 3 rings (SSSR count). The van der Waals surface area contributed by atoms with Crippen molar-refractivity contribution in [3.63, 3.8) is 0 Å². The van der Waals surface area contributed by atoms with Crippen LogP contribution in [0.5, 0.6) is 5.75 Å². The maximum atomic E-state index is 13.1. The van der Waals surface area contributed by atoms with E-state index in [-0.39, 0.29) is 12.5 Å². The van der Waals surface area contributed by atoms with Gasteiger partial charge in [0.25, 0.3) is 5.91 Å². The number of likely N-dealkylation sites (N-methyl/N-ethyl adjacent to an activating group) is 1. The molecule has 5 nitrogen and oxygen atoms in total. The predicted octanol–water partition coefficient (Wildman–Crippen LogP) is 3.95. The maximum Gasteiger partial charge on any atom is 0.260 e. The van der Waals surface area contributed by atoms with Gasteiger partial charge in [0.2, 0.25) is 0 Å². The number of benzene rings is 2. The quantitative estimate of drug-likeness (QED) is 0.604. The van der Waals surface area contributed by atoms with Crippen molar-refractivity contribution in [3.8, 4) is 17.0 Å². The zero-order valence-corrected chi connectivity index (χ0v) is 15.1. The Morgan fingerprint density at radius 1 is 1.15 bits per heavy atom. The second kappa shape index (κ2) is 8.98. The van der Waals surface area contributed by atoms with Crippen LogP contribution in [0.25, 0.3) is 11.3 Å². The molecule has 0 aliphatic carbocycles. The number of hydrogen-bond donors (Lipinski definition) is 0. The van der Waals surface area contributed by atoms with Gasteiger partial charge in [0, 0.05) is 37.7 Å². The maximum absolute atomic E-state index is 13.1. The minimum Gasteiger partial charge on any atom is -0.484 e. The molecule has 0 aliphatic heterocycles. The van der Waals surface area contributed by atoms with Crippen molar-refractivity contribution in [2.24, 2.45) is 0 Å². The molecule has 27 heavy (non-hydrogen) atoms. The summed E-state index contributed by atoms with van der Waals surface area (Å²) < 4.78 is 23.8. The number of carbonyl (C=O) groups excluding carboxylic acids is 1. The largest absolute Gasteiger partial charge is 0.484 e. The molecule has 0 saturated carbocycles. The Labute approximate surface area is 157 Å². The van der Waals surface area contributed by atoms with Crippen LogP contribution in [0.3, 0.4) is 0 Å². The topological polar surface area (TPSA) is 55.6 Å². The number of ether oxygens (including phenoxy) is 1. The molecule has 1 amide bonds. The van der Waals surface area contributed by atoms with Crippen molar-refractivity contribution >= 4 is 5.91 Å². The van der Waals surface area contributed by atoms with Gasteiger partial charge in [-0.3, -0.25) is 4.79 Å². The van der Waals surface area contributed by atoms with Gasteiger partial charge in [-0.05, 0) is 18.6 Å². The lowest BCUT2D eigenvalue weighted by molar-refractivity contribution is -0.132. The number of carbonyl (C=O) groups is 1. The number of aromatic nitrogens is 1. The van der Waals surface area contributed by atoms with Crippen molar-refractivity contribution in [1.82, 2.24) is 10.1 Å². The summed E-state index contributed by atoms with van der Waals surface area (Å²) in [7, 11) is 1.72. The fourth-order valence-corrected chi connectivity index (χ4v) is 2.60. The molecule has 2 aromatic carbocycles. The molecule has 0 spiro atoms. The first-order valence-electron chi connectivity index (χ1n) is 8.75. The summed E-state index contributed by atoms with van der Waals surface area (Å²) in [5.41, 5.74) is 1.81. The third-order valence-electron chi connectivity index (χ3n) is 4.13. The average molecular weight is 368 g/mol. The van der Waals surface area contributed by atoms with Crippen LogP contribution in [0, 0.1) is 5.82 Å². The third kappa shape index (κ3) is 5.41. The number of aryl methyl sites for hydroxylation is 1. The SMILES string of the molecule is CN(CCCc1cc(-c2ccccc2)no1)C(=O)COc1cccc(F)c1. The highest BCUT2D eigenvalue weighted by atomic mass is 19.1. The van der Waals surface area contributed by atoms with Gasteiger partial charge >= 0.3 is 0 Å². The Hall–Kier alpha value is -3.15. The van der Waals surface area contributed by atoms with E-state index >= 15 is 0 Å². The van der Waals surface area contributed by atoms with E-state index in [1.807, 2.05) is 36.4 Å². The average Bonchev–Trinajstić information content (AvgIpc) is 3.16. The van der Waals surface area contributed by atoms with Gasteiger partial charge in [0.15, 0.2) is 6.61 Å². The Kier molecular flexibility index (Phi) is 6.20. The van der Waals surface area contributed by atoms with Crippen LogP contribution in [-0.2, 0) is 11.2 Å². The number of nitrogens with zero attached hydrogens (tertiary/aromatic N) is 2. The van der Waals surface area contributed by atoms with Crippen LogP contribution < -0.4 is 4.74 Å². The third-order valence-corrected chi connectivity index (χ3v) is 4.13. The van der Waals surface area contributed by atoms with Gasteiger partial charge in [-0.1, -0.05) is 41.6 Å². The minimum absolute atomic E-state index is 0.125. The molecule has 140 valence electrons. The first-order chi connectivity index (χ1) is 13.1. The highest BCUT2D eigenvalue weighted by Gasteiger charge is 2.11. The van der Waals surface area contributed by atoms with Gasteiger partial charge in [-0.25, -0.2) is 4.39 Å². The summed E-state index contributed by atoms with van der Waals surface area (Å²) in [5, 5.41) is 4.08. The zero-order valence-electron chi connectivity index (χ0n) is 15.1. The fourth-order valence-electron chi connectivity index (χ4n) is 2.60. The van der Waals surface area contributed by atoms with E-state index in [4.69, 9.17) is 9.26 Å². The molecule has 0 bridgehead atoms. The highest BCUT2D eigenvalue weighted by molar-refractivity contribution is 5.77. The summed E-state index contributed by atoms with van der Waals surface area (Å²) in [6.07, 6.45) is 1.42. The number of rotatable bonds is 8. The number of amides is 1. The second-order valence-electron chi connectivity index (χ2n) is 6.21. The van der Waals surface area contributed by atoms with Crippen molar-refractivity contribution < 1.29 is 18.4 Å². The molecular weight excluding hydrogens is 347 g/mol. The van der Waals surface area contributed by atoms with Crippen molar-refractivity contribution in [2.75, 3.05) is 20.2 Å². The van der Waals surface area contributed by atoms with Gasteiger partial charge < -0.3 is 14.2 Å². The van der Waals surface area contributed by atoms with Crippen molar-refractivity contribution in [3.05, 3.63) is 72.2 Å². The molecule has 0 aliphatic rings. The van der Waals surface area contributed by atoms with E-state index < -0.39 is 5.82 Å². The van der Waals surface area contributed by atoms with E-state index in [1.54, 1.807) is 24.1 Å². The molecule has 0 radical (unpaired) electrons. The van der Waals surface area contributed by atoms with Crippen LogP contribution in [0.15, 0.2) is 65.2 Å². The van der Waals surface area contributed by atoms with E-state index in [1.165, 1.54) is 12.1 Å². The molecule has 6 heteroatoms. The predicted molar refractivity (Wildman–Crippen MR) is 99.8 cm³/mol. The molecule has 0 fully saturated rings. The van der Waals surface area contributed by atoms with Crippen LogP contribution in [0.1, 0.15) is 12.2 Å². The molecule has 0 N–H and O–H groups in total. The zero-order chi connectivity index (χ0) is 19.1. The van der Waals surface area contributed by atoms with Crippen LogP contribution >= 0.6 is 0 Å². The molecule has 3 aromatic rings. The number of halogens is 1. The molecule has 0 atom stereocenters. The smallest absolute Gasteiger partial charge is 0.260 e.